The van der Waals surface area contributed by atoms with E-state index in [9.17, 15) is 4.79 Å². The van der Waals surface area contributed by atoms with E-state index >= 15 is 0 Å². The van der Waals surface area contributed by atoms with E-state index < -0.39 is 0 Å². The van der Waals surface area contributed by atoms with E-state index in [-0.39, 0.29) is 11.9 Å². The summed E-state index contributed by atoms with van der Waals surface area (Å²) in [4.78, 5) is 13.3. The van der Waals surface area contributed by atoms with Gasteiger partial charge in [-0.3, -0.25) is 4.79 Å². The van der Waals surface area contributed by atoms with Crippen LogP contribution in [0, 0.1) is 13.8 Å². The van der Waals surface area contributed by atoms with Gasteiger partial charge in [-0.25, -0.2) is 0 Å². The minimum atomic E-state index is 0.0387. The summed E-state index contributed by atoms with van der Waals surface area (Å²) in [5, 5.41) is 11.6. The van der Waals surface area contributed by atoms with Crippen molar-refractivity contribution in [3.63, 3.8) is 0 Å². The second-order valence-corrected chi connectivity index (χ2v) is 5.38. The van der Waals surface area contributed by atoms with Crippen molar-refractivity contribution >= 4 is 23.3 Å². The first-order valence-electron chi connectivity index (χ1n) is 6.50. The van der Waals surface area contributed by atoms with Gasteiger partial charge in [-0.1, -0.05) is 11.6 Å². The number of amides is 1. The fraction of sp³-hybridized carbons (Fsp3) is 0.615. The van der Waals surface area contributed by atoms with Crippen LogP contribution in [0.25, 0.3) is 0 Å². The lowest BCUT2D eigenvalue weighted by molar-refractivity contribution is -0.119. The smallest absolute Gasteiger partial charge is 0.217 e. The average molecular weight is 283 g/mol. The van der Waals surface area contributed by atoms with Gasteiger partial charge in [-0.15, -0.1) is 10.2 Å². The molecule has 0 atom stereocenters. The number of carbonyl (C=O) groups excluding carboxylic acids is 1. The topological polar surface area (TPSA) is 58.1 Å². The van der Waals surface area contributed by atoms with Gasteiger partial charge in [0, 0.05) is 26.1 Å². The molecule has 1 fully saturated rings. The predicted molar refractivity (Wildman–Crippen MR) is 75.6 cm³/mol. The Labute approximate surface area is 118 Å². The molecule has 0 saturated carbocycles. The van der Waals surface area contributed by atoms with E-state index in [4.69, 9.17) is 11.6 Å². The van der Waals surface area contributed by atoms with E-state index in [2.05, 4.69) is 20.4 Å². The first-order chi connectivity index (χ1) is 8.99. The van der Waals surface area contributed by atoms with Gasteiger partial charge >= 0.3 is 0 Å². The molecular formula is C13H19ClN4O. The van der Waals surface area contributed by atoms with Crippen LogP contribution >= 0.6 is 11.6 Å². The Kier molecular flexibility index (Phi) is 4.24. The molecule has 1 amide bonds. The molecule has 2 heterocycles. The van der Waals surface area contributed by atoms with Gasteiger partial charge in [0.05, 0.1) is 0 Å². The first-order valence-corrected chi connectivity index (χ1v) is 6.88. The zero-order valence-corrected chi connectivity index (χ0v) is 12.3. The molecule has 1 aliphatic rings. The number of anilines is 1. The maximum absolute atomic E-state index is 11.0. The third-order valence-corrected chi connectivity index (χ3v) is 4.00. The number of hydrogen-bond acceptors (Lipinski definition) is 4. The molecule has 1 aliphatic heterocycles. The van der Waals surface area contributed by atoms with E-state index in [1.807, 2.05) is 13.8 Å². The highest BCUT2D eigenvalue weighted by Gasteiger charge is 2.22. The molecule has 1 aromatic heterocycles. The van der Waals surface area contributed by atoms with Crippen LogP contribution in [0.1, 0.15) is 30.9 Å². The molecule has 0 radical (unpaired) electrons. The lowest BCUT2D eigenvalue weighted by Crippen LogP contribution is -2.44. The molecule has 19 heavy (non-hydrogen) atoms. The molecule has 104 valence electrons. The molecule has 1 saturated heterocycles. The van der Waals surface area contributed by atoms with Gasteiger partial charge in [-0.05, 0) is 37.8 Å². The van der Waals surface area contributed by atoms with Gasteiger partial charge in [0.25, 0.3) is 0 Å². The van der Waals surface area contributed by atoms with Crippen molar-refractivity contribution in [1.82, 2.24) is 15.5 Å². The highest BCUT2D eigenvalue weighted by Crippen LogP contribution is 2.26. The van der Waals surface area contributed by atoms with Crippen LogP contribution in [-0.4, -0.2) is 35.2 Å². The summed E-state index contributed by atoms with van der Waals surface area (Å²) in [5.41, 5.74) is 2.06. The number of nitrogens with zero attached hydrogens (tertiary/aromatic N) is 3. The maximum atomic E-state index is 11.0. The Morgan fingerprint density at radius 1 is 1.26 bits per heavy atom. The van der Waals surface area contributed by atoms with Crippen molar-refractivity contribution in [1.29, 1.82) is 0 Å². The molecule has 6 heteroatoms. The number of hydrogen-bond donors (Lipinski definition) is 1. The van der Waals surface area contributed by atoms with Crippen LogP contribution in [0.15, 0.2) is 0 Å². The second-order valence-electron chi connectivity index (χ2n) is 5.03. The van der Waals surface area contributed by atoms with Gasteiger partial charge in [0.15, 0.2) is 11.0 Å². The van der Waals surface area contributed by atoms with E-state index in [1.165, 1.54) is 0 Å². The van der Waals surface area contributed by atoms with E-state index in [0.29, 0.717) is 5.15 Å². The highest BCUT2D eigenvalue weighted by molar-refractivity contribution is 6.30. The van der Waals surface area contributed by atoms with Crippen LogP contribution in [0.2, 0.25) is 5.15 Å². The minimum Gasteiger partial charge on any atom is -0.355 e. The summed E-state index contributed by atoms with van der Waals surface area (Å²) in [6.45, 7) is 7.29. The van der Waals surface area contributed by atoms with E-state index in [0.717, 1.165) is 42.9 Å². The van der Waals surface area contributed by atoms with Crippen LogP contribution in [0.4, 0.5) is 5.82 Å². The fourth-order valence-electron chi connectivity index (χ4n) is 2.39. The van der Waals surface area contributed by atoms with Crippen molar-refractivity contribution < 1.29 is 4.79 Å². The van der Waals surface area contributed by atoms with Crippen LogP contribution < -0.4 is 10.2 Å². The molecule has 0 bridgehead atoms. The predicted octanol–water partition coefficient (Wildman–Crippen LogP) is 1.85. The summed E-state index contributed by atoms with van der Waals surface area (Å²) in [7, 11) is 0. The molecule has 1 N–H and O–H groups in total. The highest BCUT2D eigenvalue weighted by atomic mass is 35.5. The Morgan fingerprint density at radius 2 is 1.89 bits per heavy atom. The molecular weight excluding hydrogens is 264 g/mol. The van der Waals surface area contributed by atoms with Gasteiger partial charge in [0.2, 0.25) is 5.91 Å². The summed E-state index contributed by atoms with van der Waals surface area (Å²) in [6.07, 6.45) is 1.87. The Hall–Kier alpha value is -1.36. The quantitative estimate of drug-likeness (QED) is 0.899. The zero-order chi connectivity index (χ0) is 14.0. The van der Waals surface area contributed by atoms with Gasteiger partial charge in [0.1, 0.15) is 0 Å². The minimum absolute atomic E-state index is 0.0387. The molecule has 1 aromatic rings. The van der Waals surface area contributed by atoms with Crippen LogP contribution in [-0.2, 0) is 4.79 Å². The number of rotatable bonds is 2. The summed E-state index contributed by atoms with van der Waals surface area (Å²) >= 11 is 5.97. The SMILES string of the molecule is CC(=O)NC1CCN(c2nnc(Cl)c(C)c2C)CC1. The summed E-state index contributed by atoms with van der Waals surface area (Å²) in [5.74, 6) is 0.944. The number of piperidine rings is 1. The molecule has 0 aromatic carbocycles. The molecule has 0 aliphatic carbocycles. The molecule has 0 unspecified atom stereocenters. The second kappa shape index (κ2) is 5.74. The van der Waals surface area contributed by atoms with Crippen molar-refractivity contribution in [3.8, 4) is 0 Å². The Bertz CT molecular complexity index is 484. The molecule has 5 nitrogen and oxygen atoms in total. The standard InChI is InChI=1S/C13H19ClN4O/c1-8-9(2)13(17-16-12(8)14)18-6-4-11(5-7-18)15-10(3)19/h11H,4-7H2,1-3H3,(H,15,19). The third-order valence-electron chi connectivity index (χ3n) is 3.64. The fourth-order valence-corrected chi connectivity index (χ4v) is 2.57. The van der Waals surface area contributed by atoms with Crippen molar-refractivity contribution in [2.24, 2.45) is 0 Å². The zero-order valence-electron chi connectivity index (χ0n) is 11.5. The van der Waals surface area contributed by atoms with Crippen LogP contribution in [0.5, 0.6) is 0 Å². The average Bonchev–Trinajstić information content (AvgIpc) is 2.37. The lowest BCUT2D eigenvalue weighted by Gasteiger charge is -2.33. The molecule has 0 spiro atoms. The van der Waals surface area contributed by atoms with Crippen molar-refractivity contribution in [2.75, 3.05) is 18.0 Å². The lowest BCUT2D eigenvalue weighted by atomic mass is 10.0. The maximum Gasteiger partial charge on any atom is 0.217 e. The normalized spacial score (nSPS) is 16.5. The first kappa shape index (κ1) is 14.1. The van der Waals surface area contributed by atoms with Crippen molar-refractivity contribution in [3.05, 3.63) is 16.3 Å². The monoisotopic (exact) mass is 282 g/mol. The van der Waals surface area contributed by atoms with Gasteiger partial charge < -0.3 is 10.2 Å². The summed E-state index contributed by atoms with van der Waals surface area (Å²) in [6, 6.07) is 0.274. The number of nitrogens with one attached hydrogen (secondary N) is 1. The molecule has 2 rings (SSSR count). The number of aromatic nitrogens is 2. The third kappa shape index (κ3) is 3.15. The van der Waals surface area contributed by atoms with Gasteiger partial charge in [-0.2, -0.15) is 0 Å². The van der Waals surface area contributed by atoms with Crippen molar-refractivity contribution in [2.45, 2.75) is 39.7 Å². The number of halogens is 1. The number of carbonyl (C=O) groups is 1. The van der Waals surface area contributed by atoms with Crippen LogP contribution in [0.3, 0.4) is 0 Å². The Morgan fingerprint density at radius 3 is 2.47 bits per heavy atom. The van der Waals surface area contributed by atoms with E-state index in [1.54, 1.807) is 6.92 Å². The largest absolute Gasteiger partial charge is 0.355 e. The summed E-state index contributed by atoms with van der Waals surface area (Å²) < 4.78 is 0. The Balaban J connectivity index is 2.06.